The highest BCUT2D eigenvalue weighted by Crippen LogP contribution is 2.29. The fraction of sp³-hybridized carbons (Fsp3) is 0.542. The number of aryl methyl sites for hydroxylation is 1. The number of para-hydroxylation sites is 1. The van der Waals surface area contributed by atoms with E-state index in [2.05, 4.69) is 24.3 Å². The molecular weight excluding hydrogens is 378 g/mol. The molecule has 0 unspecified atom stereocenters. The third-order valence-electron chi connectivity index (χ3n) is 6.47. The standard InChI is InChI=1S/C24H33N3O3/c1-15-10-9-13-22(16(15)2)25-24(29)19(5)30-23(28)14-21-17(3)26-27(18(21)4)20-11-7-6-8-12-20/h6-8,11-12,15-16,19,22H,9-10,13-14H2,1-5H3,(H,25,29)/t15-,16-,19-,22+/m0/s1. The zero-order valence-corrected chi connectivity index (χ0v) is 18.6. The van der Waals surface area contributed by atoms with Crippen LogP contribution in [0.25, 0.3) is 5.69 Å². The first-order chi connectivity index (χ1) is 14.3. The van der Waals surface area contributed by atoms with Crippen LogP contribution in [0.2, 0.25) is 0 Å². The minimum Gasteiger partial charge on any atom is -0.452 e. The number of carbonyl (C=O) groups is 2. The molecule has 3 rings (SSSR count). The van der Waals surface area contributed by atoms with Gasteiger partial charge >= 0.3 is 5.97 Å². The van der Waals surface area contributed by atoms with E-state index in [4.69, 9.17) is 4.74 Å². The number of rotatable bonds is 6. The number of nitrogens with one attached hydrogen (secondary N) is 1. The van der Waals surface area contributed by atoms with Crippen molar-refractivity contribution < 1.29 is 14.3 Å². The first-order valence-corrected chi connectivity index (χ1v) is 10.9. The summed E-state index contributed by atoms with van der Waals surface area (Å²) in [6.07, 6.45) is 2.59. The lowest BCUT2D eigenvalue weighted by atomic mass is 9.78. The third kappa shape index (κ3) is 4.91. The number of hydrogen-bond acceptors (Lipinski definition) is 4. The molecule has 2 aromatic rings. The molecule has 1 fully saturated rings. The normalized spacial score (nSPS) is 22.4. The fourth-order valence-corrected chi connectivity index (χ4v) is 4.27. The molecular formula is C24H33N3O3. The van der Waals surface area contributed by atoms with Crippen LogP contribution in [0.5, 0.6) is 0 Å². The average molecular weight is 412 g/mol. The summed E-state index contributed by atoms with van der Waals surface area (Å²) in [5, 5.41) is 7.65. The van der Waals surface area contributed by atoms with Gasteiger partial charge in [-0.05, 0) is 51.2 Å². The summed E-state index contributed by atoms with van der Waals surface area (Å²) in [5.74, 6) is 0.387. The summed E-state index contributed by atoms with van der Waals surface area (Å²) >= 11 is 0. The van der Waals surface area contributed by atoms with Gasteiger partial charge in [-0.3, -0.25) is 9.59 Å². The van der Waals surface area contributed by atoms with Crippen molar-refractivity contribution in [2.75, 3.05) is 0 Å². The largest absolute Gasteiger partial charge is 0.452 e. The van der Waals surface area contributed by atoms with E-state index in [9.17, 15) is 9.59 Å². The molecule has 0 radical (unpaired) electrons. The van der Waals surface area contributed by atoms with Gasteiger partial charge in [0, 0.05) is 17.3 Å². The molecule has 1 aromatic heterocycles. The molecule has 1 heterocycles. The SMILES string of the molecule is Cc1nn(-c2ccccc2)c(C)c1CC(=O)O[C@@H](C)C(=O)N[C@@H]1CCC[C@H](C)[C@@H]1C. The van der Waals surface area contributed by atoms with Crippen molar-refractivity contribution in [3.63, 3.8) is 0 Å². The van der Waals surface area contributed by atoms with Crippen molar-refractivity contribution in [3.8, 4) is 5.69 Å². The second-order valence-corrected chi connectivity index (χ2v) is 8.59. The molecule has 6 nitrogen and oxygen atoms in total. The third-order valence-corrected chi connectivity index (χ3v) is 6.47. The maximum atomic E-state index is 12.6. The smallest absolute Gasteiger partial charge is 0.311 e. The Morgan fingerprint density at radius 3 is 2.60 bits per heavy atom. The zero-order chi connectivity index (χ0) is 21.8. The predicted molar refractivity (Wildman–Crippen MR) is 116 cm³/mol. The second-order valence-electron chi connectivity index (χ2n) is 8.59. The van der Waals surface area contributed by atoms with Crippen LogP contribution in [0.15, 0.2) is 30.3 Å². The fourth-order valence-electron chi connectivity index (χ4n) is 4.27. The Hall–Kier alpha value is -2.63. The summed E-state index contributed by atoms with van der Waals surface area (Å²) < 4.78 is 7.29. The van der Waals surface area contributed by atoms with Crippen LogP contribution in [0.4, 0.5) is 0 Å². The Morgan fingerprint density at radius 2 is 1.90 bits per heavy atom. The minimum absolute atomic E-state index is 0.0962. The van der Waals surface area contributed by atoms with Gasteiger partial charge in [0.1, 0.15) is 0 Å². The maximum Gasteiger partial charge on any atom is 0.311 e. The van der Waals surface area contributed by atoms with E-state index < -0.39 is 12.1 Å². The number of aromatic nitrogens is 2. The number of esters is 1. The Morgan fingerprint density at radius 1 is 1.20 bits per heavy atom. The van der Waals surface area contributed by atoms with Crippen LogP contribution in [0.1, 0.15) is 57.0 Å². The molecule has 0 bridgehead atoms. The number of amides is 1. The van der Waals surface area contributed by atoms with E-state index in [0.29, 0.717) is 11.8 Å². The van der Waals surface area contributed by atoms with Crippen LogP contribution in [0, 0.1) is 25.7 Å². The molecule has 1 saturated carbocycles. The van der Waals surface area contributed by atoms with Crippen molar-refractivity contribution in [1.82, 2.24) is 15.1 Å². The Kier molecular flexibility index (Phi) is 6.95. The average Bonchev–Trinajstić information content (AvgIpc) is 3.00. The molecule has 6 heteroatoms. The molecule has 30 heavy (non-hydrogen) atoms. The van der Waals surface area contributed by atoms with Gasteiger partial charge in [0.25, 0.3) is 5.91 Å². The van der Waals surface area contributed by atoms with E-state index in [0.717, 1.165) is 35.5 Å². The van der Waals surface area contributed by atoms with Gasteiger partial charge in [-0.25, -0.2) is 4.68 Å². The monoisotopic (exact) mass is 411 g/mol. The Labute approximate surface area is 179 Å². The first-order valence-electron chi connectivity index (χ1n) is 10.9. The summed E-state index contributed by atoms with van der Waals surface area (Å²) in [4.78, 5) is 25.1. The van der Waals surface area contributed by atoms with Crippen LogP contribution < -0.4 is 5.32 Å². The summed E-state index contributed by atoms with van der Waals surface area (Å²) in [7, 11) is 0. The Bertz CT molecular complexity index is 891. The minimum atomic E-state index is -0.813. The molecule has 1 aliphatic rings. The molecule has 1 amide bonds. The van der Waals surface area contributed by atoms with Gasteiger partial charge in [-0.1, -0.05) is 44.9 Å². The zero-order valence-electron chi connectivity index (χ0n) is 18.6. The second kappa shape index (κ2) is 9.45. The van der Waals surface area contributed by atoms with Crippen molar-refractivity contribution in [1.29, 1.82) is 0 Å². The lowest BCUT2D eigenvalue weighted by Gasteiger charge is -2.35. The van der Waals surface area contributed by atoms with E-state index >= 15 is 0 Å². The predicted octanol–water partition coefficient (Wildman–Crippen LogP) is 3.90. The van der Waals surface area contributed by atoms with Crippen LogP contribution >= 0.6 is 0 Å². The van der Waals surface area contributed by atoms with Crippen LogP contribution in [-0.4, -0.2) is 33.8 Å². The van der Waals surface area contributed by atoms with Crippen molar-refractivity contribution in [3.05, 3.63) is 47.3 Å². The topological polar surface area (TPSA) is 73.2 Å². The maximum absolute atomic E-state index is 12.6. The van der Waals surface area contributed by atoms with E-state index in [1.165, 1.54) is 6.42 Å². The van der Waals surface area contributed by atoms with Crippen LogP contribution in [0.3, 0.4) is 0 Å². The van der Waals surface area contributed by atoms with E-state index in [-0.39, 0.29) is 18.4 Å². The quantitative estimate of drug-likeness (QED) is 0.732. The van der Waals surface area contributed by atoms with Gasteiger partial charge in [0.15, 0.2) is 6.10 Å². The highest BCUT2D eigenvalue weighted by Gasteiger charge is 2.30. The van der Waals surface area contributed by atoms with Crippen molar-refractivity contribution in [2.24, 2.45) is 11.8 Å². The van der Waals surface area contributed by atoms with E-state index in [1.54, 1.807) is 6.92 Å². The number of hydrogen-bond donors (Lipinski definition) is 1. The van der Waals surface area contributed by atoms with Crippen LogP contribution in [-0.2, 0) is 20.7 Å². The molecule has 0 aliphatic heterocycles. The highest BCUT2D eigenvalue weighted by atomic mass is 16.5. The highest BCUT2D eigenvalue weighted by molar-refractivity contribution is 5.84. The summed E-state index contributed by atoms with van der Waals surface area (Å²) in [6.45, 7) is 9.87. The van der Waals surface area contributed by atoms with E-state index in [1.807, 2.05) is 48.9 Å². The number of benzene rings is 1. The molecule has 0 saturated heterocycles. The molecule has 0 spiro atoms. The van der Waals surface area contributed by atoms with Crippen molar-refractivity contribution >= 4 is 11.9 Å². The number of nitrogens with zero attached hydrogens (tertiary/aromatic N) is 2. The molecule has 1 aliphatic carbocycles. The van der Waals surface area contributed by atoms with Gasteiger partial charge in [0.05, 0.1) is 17.8 Å². The molecule has 1 aromatic carbocycles. The van der Waals surface area contributed by atoms with Gasteiger partial charge in [0.2, 0.25) is 0 Å². The molecule has 162 valence electrons. The lowest BCUT2D eigenvalue weighted by Crippen LogP contribution is -2.47. The molecule has 4 atom stereocenters. The summed E-state index contributed by atoms with van der Waals surface area (Å²) in [6, 6.07) is 9.95. The van der Waals surface area contributed by atoms with Gasteiger partial charge in [-0.15, -0.1) is 0 Å². The van der Waals surface area contributed by atoms with Gasteiger partial charge in [-0.2, -0.15) is 5.10 Å². The number of ether oxygens (including phenoxy) is 1. The molecule has 1 N–H and O–H groups in total. The number of carbonyl (C=O) groups excluding carboxylic acids is 2. The van der Waals surface area contributed by atoms with Crippen molar-refractivity contribution in [2.45, 2.75) is 72.4 Å². The first kappa shape index (κ1) is 22.1. The summed E-state index contributed by atoms with van der Waals surface area (Å²) in [5.41, 5.74) is 3.47. The Balaban J connectivity index is 1.60. The van der Waals surface area contributed by atoms with Gasteiger partial charge < -0.3 is 10.1 Å². The lowest BCUT2D eigenvalue weighted by molar-refractivity contribution is -0.154.